The van der Waals surface area contributed by atoms with Crippen molar-refractivity contribution in [1.29, 1.82) is 0 Å². The van der Waals surface area contributed by atoms with Crippen molar-refractivity contribution in [2.24, 2.45) is 7.05 Å². The zero-order valence-corrected chi connectivity index (χ0v) is 9.34. The van der Waals surface area contributed by atoms with Gasteiger partial charge in [0.2, 0.25) is 0 Å². The molecule has 84 valence electrons. The number of pyridine rings is 1. The molecular formula is C11H14N4O. The molecule has 0 aromatic carbocycles. The van der Waals surface area contributed by atoms with Crippen LogP contribution in [-0.4, -0.2) is 21.2 Å². The fourth-order valence-electron chi connectivity index (χ4n) is 1.49. The maximum Gasteiger partial charge on any atom is 0.328 e. The van der Waals surface area contributed by atoms with Crippen molar-refractivity contribution in [3.63, 3.8) is 0 Å². The van der Waals surface area contributed by atoms with Gasteiger partial charge in [-0.15, -0.1) is 0 Å². The molecule has 2 aromatic rings. The highest BCUT2D eigenvalue weighted by Crippen LogP contribution is 2.04. The molecule has 0 radical (unpaired) electrons. The zero-order chi connectivity index (χ0) is 11.5. The van der Waals surface area contributed by atoms with Crippen LogP contribution in [0, 0.1) is 0 Å². The molecular weight excluding hydrogens is 204 g/mol. The summed E-state index contributed by atoms with van der Waals surface area (Å²) in [4.78, 5) is 15.8. The lowest BCUT2D eigenvalue weighted by Crippen LogP contribution is -2.22. The van der Waals surface area contributed by atoms with E-state index in [1.54, 1.807) is 34.8 Å². The van der Waals surface area contributed by atoms with Crippen LogP contribution >= 0.6 is 0 Å². The normalized spacial score (nSPS) is 10.4. The number of aromatic nitrogens is 3. The summed E-state index contributed by atoms with van der Waals surface area (Å²) < 4.78 is 3.20. The summed E-state index contributed by atoms with van der Waals surface area (Å²) in [6.45, 7) is 0.552. The van der Waals surface area contributed by atoms with Crippen LogP contribution in [0.1, 0.15) is 5.56 Å². The highest BCUT2D eigenvalue weighted by molar-refractivity contribution is 5.34. The second-order valence-electron chi connectivity index (χ2n) is 3.62. The first-order valence-electron chi connectivity index (χ1n) is 5.05. The van der Waals surface area contributed by atoms with Gasteiger partial charge in [0, 0.05) is 32.7 Å². The van der Waals surface area contributed by atoms with E-state index in [-0.39, 0.29) is 5.69 Å². The minimum absolute atomic E-state index is 0.0160. The molecule has 0 saturated heterocycles. The lowest BCUT2D eigenvalue weighted by Gasteiger charge is -2.03. The fourth-order valence-corrected chi connectivity index (χ4v) is 1.49. The van der Waals surface area contributed by atoms with Gasteiger partial charge in [-0.25, -0.2) is 9.78 Å². The van der Waals surface area contributed by atoms with Crippen molar-refractivity contribution in [3.8, 4) is 0 Å². The average molecular weight is 218 g/mol. The SMILES string of the molecule is CNc1ccc(Cn2ccn(C)c2=O)cn1. The monoisotopic (exact) mass is 218 g/mol. The third-order valence-electron chi connectivity index (χ3n) is 2.45. The van der Waals surface area contributed by atoms with Gasteiger partial charge in [-0.3, -0.25) is 4.57 Å². The van der Waals surface area contributed by atoms with Crippen molar-refractivity contribution in [2.75, 3.05) is 12.4 Å². The summed E-state index contributed by atoms with van der Waals surface area (Å²) in [6.07, 6.45) is 5.29. The molecule has 0 aliphatic heterocycles. The smallest absolute Gasteiger partial charge is 0.328 e. The van der Waals surface area contributed by atoms with E-state index in [2.05, 4.69) is 10.3 Å². The Bertz CT molecular complexity index is 524. The lowest BCUT2D eigenvalue weighted by atomic mass is 10.3. The first-order valence-corrected chi connectivity index (χ1v) is 5.05. The van der Waals surface area contributed by atoms with E-state index in [1.807, 2.05) is 19.2 Å². The Morgan fingerprint density at radius 3 is 2.69 bits per heavy atom. The summed E-state index contributed by atoms with van der Waals surface area (Å²) >= 11 is 0. The number of aryl methyl sites for hydroxylation is 1. The Morgan fingerprint density at radius 1 is 1.38 bits per heavy atom. The number of anilines is 1. The number of hydrogen-bond donors (Lipinski definition) is 1. The van der Waals surface area contributed by atoms with Crippen LogP contribution in [0.3, 0.4) is 0 Å². The standard InChI is InChI=1S/C11H14N4O/c1-12-10-4-3-9(7-13-10)8-15-6-5-14(2)11(15)16/h3-7H,8H2,1-2H3,(H,12,13). The third kappa shape index (κ3) is 1.98. The second-order valence-corrected chi connectivity index (χ2v) is 3.62. The van der Waals surface area contributed by atoms with E-state index in [0.29, 0.717) is 6.54 Å². The Morgan fingerprint density at radius 2 is 2.19 bits per heavy atom. The van der Waals surface area contributed by atoms with E-state index in [0.717, 1.165) is 11.4 Å². The van der Waals surface area contributed by atoms with Crippen molar-refractivity contribution in [2.45, 2.75) is 6.54 Å². The van der Waals surface area contributed by atoms with Crippen LogP contribution < -0.4 is 11.0 Å². The van der Waals surface area contributed by atoms with E-state index in [4.69, 9.17) is 0 Å². The average Bonchev–Trinajstić information content (AvgIpc) is 2.62. The molecule has 0 aliphatic carbocycles. The minimum atomic E-state index is -0.0160. The van der Waals surface area contributed by atoms with Crippen LogP contribution in [0.5, 0.6) is 0 Å². The summed E-state index contributed by atoms with van der Waals surface area (Å²) in [6, 6.07) is 3.85. The number of rotatable bonds is 3. The molecule has 0 aliphatic rings. The molecule has 0 fully saturated rings. The van der Waals surface area contributed by atoms with Crippen LogP contribution in [0.2, 0.25) is 0 Å². The van der Waals surface area contributed by atoms with Gasteiger partial charge in [0.15, 0.2) is 0 Å². The first kappa shape index (κ1) is 10.5. The Labute approximate surface area is 93.4 Å². The minimum Gasteiger partial charge on any atom is -0.373 e. The number of imidazole rings is 1. The topological polar surface area (TPSA) is 51.9 Å². The molecule has 2 heterocycles. The molecule has 2 aromatic heterocycles. The van der Waals surface area contributed by atoms with Crippen molar-refractivity contribution < 1.29 is 0 Å². The Balaban J connectivity index is 2.21. The van der Waals surface area contributed by atoms with Gasteiger partial charge in [0.05, 0.1) is 6.54 Å². The largest absolute Gasteiger partial charge is 0.373 e. The highest BCUT2D eigenvalue weighted by Gasteiger charge is 2.01. The summed E-state index contributed by atoms with van der Waals surface area (Å²) in [5, 5.41) is 2.95. The lowest BCUT2D eigenvalue weighted by molar-refractivity contribution is 0.716. The van der Waals surface area contributed by atoms with E-state index >= 15 is 0 Å². The van der Waals surface area contributed by atoms with Gasteiger partial charge < -0.3 is 9.88 Å². The van der Waals surface area contributed by atoms with E-state index in [9.17, 15) is 4.79 Å². The molecule has 16 heavy (non-hydrogen) atoms. The molecule has 0 amide bonds. The molecule has 1 N–H and O–H groups in total. The van der Waals surface area contributed by atoms with Crippen LogP contribution in [0.25, 0.3) is 0 Å². The number of nitrogens with zero attached hydrogens (tertiary/aromatic N) is 3. The van der Waals surface area contributed by atoms with E-state index in [1.165, 1.54) is 0 Å². The maximum atomic E-state index is 11.6. The van der Waals surface area contributed by atoms with Crippen LogP contribution in [0.15, 0.2) is 35.5 Å². The van der Waals surface area contributed by atoms with Crippen LogP contribution in [-0.2, 0) is 13.6 Å². The van der Waals surface area contributed by atoms with Crippen molar-refractivity contribution in [1.82, 2.24) is 14.1 Å². The van der Waals surface area contributed by atoms with Gasteiger partial charge in [-0.2, -0.15) is 0 Å². The van der Waals surface area contributed by atoms with Gasteiger partial charge in [0.1, 0.15) is 5.82 Å². The van der Waals surface area contributed by atoms with Gasteiger partial charge in [0.25, 0.3) is 0 Å². The predicted octanol–water partition coefficient (Wildman–Crippen LogP) is 0.672. The molecule has 0 unspecified atom stereocenters. The predicted molar refractivity (Wildman–Crippen MR) is 62.6 cm³/mol. The van der Waals surface area contributed by atoms with Crippen LogP contribution in [0.4, 0.5) is 5.82 Å². The summed E-state index contributed by atoms with van der Waals surface area (Å²) in [5.74, 6) is 0.823. The van der Waals surface area contributed by atoms with Gasteiger partial charge >= 0.3 is 5.69 Å². The fraction of sp³-hybridized carbons (Fsp3) is 0.273. The maximum absolute atomic E-state index is 11.6. The molecule has 5 nitrogen and oxygen atoms in total. The van der Waals surface area contributed by atoms with Crippen molar-refractivity contribution in [3.05, 3.63) is 46.8 Å². The Hall–Kier alpha value is -2.04. The van der Waals surface area contributed by atoms with Crippen molar-refractivity contribution >= 4 is 5.82 Å². The second kappa shape index (κ2) is 4.22. The summed E-state index contributed by atoms with van der Waals surface area (Å²) in [5.41, 5.74) is 0.991. The molecule has 0 bridgehead atoms. The Kier molecular flexibility index (Phi) is 2.76. The molecule has 0 spiro atoms. The molecule has 0 atom stereocenters. The number of hydrogen-bond acceptors (Lipinski definition) is 3. The third-order valence-corrected chi connectivity index (χ3v) is 2.45. The van der Waals surface area contributed by atoms with Gasteiger partial charge in [-0.05, 0) is 11.6 Å². The number of nitrogens with one attached hydrogen (secondary N) is 1. The van der Waals surface area contributed by atoms with Gasteiger partial charge in [-0.1, -0.05) is 6.07 Å². The zero-order valence-electron chi connectivity index (χ0n) is 9.34. The quantitative estimate of drug-likeness (QED) is 0.824. The molecule has 2 rings (SSSR count). The highest BCUT2D eigenvalue weighted by atomic mass is 16.1. The molecule has 5 heteroatoms. The molecule has 0 saturated carbocycles. The summed E-state index contributed by atoms with van der Waals surface area (Å²) in [7, 11) is 3.56. The first-order chi connectivity index (χ1) is 7.70. The van der Waals surface area contributed by atoms with E-state index < -0.39 is 0 Å².